The van der Waals surface area contributed by atoms with Crippen LogP contribution in [0.4, 0.5) is 17.1 Å². The number of hydrogen-bond donors (Lipinski definition) is 3. The first kappa shape index (κ1) is 18.1. The molecule has 3 rings (SSSR count). The molecule has 2 amide bonds. The molecule has 0 aliphatic rings. The van der Waals surface area contributed by atoms with Crippen LogP contribution in [0.1, 0.15) is 23.0 Å². The molecule has 0 aliphatic heterocycles. The number of nitrogens with one attached hydrogen (secondary N) is 3. The number of aromatic nitrogens is 2. The van der Waals surface area contributed by atoms with Crippen LogP contribution in [0.25, 0.3) is 0 Å². The molecule has 0 aliphatic carbocycles. The third kappa shape index (κ3) is 5.37. The zero-order chi connectivity index (χ0) is 19.1. The molecule has 0 spiro atoms. The Labute approximate surface area is 156 Å². The predicted octanol–water partition coefficient (Wildman–Crippen LogP) is 3.30. The number of hydrogen-bond acceptors (Lipinski definition) is 5. The predicted molar refractivity (Wildman–Crippen MR) is 104 cm³/mol. The van der Waals surface area contributed by atoms with Crippen LogP contribution in [0.5, 0.6) is 0 Å². The van der Waals surface area contributed by atoms with E-state index in [4.69, 9.17) is 0 Å². The Bertz CT molecular complexity index is 927. The van der Waals surface area contributed by atoms with E-state index in [-0.39, 0.29) is 11.8 Å². The molecule has 3 aromatic rings. The average molecular weight is 361 g/mol. The first-order valence-corrected chi connectivity index (χ1v) is 8.38. The summed E-state index contributed by atoms with van der Waals surface area (Å²) in [6.45, 7) is 2.06. The molecule has 0 unspecified atom stereocenters. The second kappa shape index (κ2) is 8.57. The largest absolute Gasteiger partial charge is 0.381 e. The fourth-order valence-corrected chi connectivity index (χ4v) is 2.40. The topological polar surface area (TPSA) is 96.0 Å². The third-order valence-corrected chi connectivity index (χ3v) is 3.70. The van der Waals surface area contributed by atoms with E-state index in [1.165, 1.54) is 6.92 Å². The maximum absolute atomic E-state index is 12.4. The van der Waals surface area contributed by atoms with Crippen molar-refractivity contribution in [2.45, 2.75) is 13.5 Å². The molecule has 2 heterocycles. The maximum atomic E-state index is 12.4. The Balaban J connectivity index is 1.62. The van der Waals surface area contributed by atoms with Gasteiger partial charge in [-0.15, -0.1) is 0 Å². The number of carbonyl (C=O) groups excluding carboxylic acids is 2. The summed E-state index contributed by atoms with van der Waals surface area (Å²) < 4.78 is 0. The Hall–Kier alpha value is -3.74. The van der Waals surface area contributed by atoms with E-state index < -0.39 is 0 Å². The first-order valence-electron chi connectivity index (χ1n) is 8.38. The minimum atomic E-state index is -0.310. The minimum Gasteiger partial charge on any atom is -0.381 e. The van der Waals surface area contributed by atoms with E-state index in [0.29, 0.717) is 23.6 Å². The molecule has 2 aromatic heterocycles. The van der Waals surface area contributed by atoms with Gasteiger partial charge in [-0.1, -0.05) is 0 Å². The fourth-order valence-electron chi connectivity index (χ4n) is 2.40. The van der Waals surface area contributed by atoms with Gasteiger partial charge in [-0.3, -0.25) is 19.6 Å². The van der Waals surface area contributed by atoms with Crippen molar-refractivity contribution in [2.75, 3.05) is 16.0 Å². The van der Waals surface area contributed by atoms with Gasteiger partial charge in [-0.2, -0.15) is 0 Å². The lowest BCUT2D eigenvalue weighted by Crippen LogP contribution is -2.14. The van der Waals surface area contributed by atoms with Crippen LogP contribution >= 0.6 is 0 Å². The molecule has 0 bridgehead atoms. The second-order valence-corrected chi connectivity index (χ2v) is 5.85. The van der Waals surface area contributed by atoms with Crippen LogP contribution in [0.15, 0.2) is 67.1 Å². The van der Waals surface area contributed by atoms with Crippen LogP contribution in [0.2, 0.25) is 0 Å². The molecule has 7 heteroatoms. The lowest BCUT2D eigenvalue weighted by atomic mass is 10.2. The molecule has 3 N–H and O–H groups in total. The molecule has 0 saturated carbocycles. The SMILES string of the molecule is CC(=O)Nc1ccc(NC(=O)c2cc(NCc3ccncc3)ccn2)cc1. The highest BCUT2D eigenvalue weighted by Gasteiger charge is 2.09. The molecule has 7 nitrogen and oxygen atoms in total. The van der Waals surface area contributed by atoms with Gasteiger partial charge < -0.3 is 16.0 Å². The van der Waals surface area contributed by atoms with Crippen molar-refractivity contribution < 1.29 is 9.59 Å². The number of amides is 2. The third-order valence-electron chi connectivity index (χ3n) is 3.70. The quantitative estimate of drug-likeness (QED) is 0.626. The van der Waals surface area contributed by atoms with E-state index >= 15 is 0 Å². The van der Waals surface area contributed by atoms with Crippen LogP contribution in [-0.2, 0) is 11.3 Å². The molecule has 136 valence electrons. The monoisotopic (exact) mass is 361 g/mol. The average Bonchev–Trinajstić information content (AvgIpc) is 2.68. The van der Waals surface area contributed by atoms with Crippen molar-refractivity contribution in [2.24, 2.45) is 0 Å². The summed E-state index contributed by atoms with van der Waals surface area (Å²) in [5.41, 5.74) is 3.48. The summed E-state index contributed by atoms with van der Waals surface area (Å²) in [5, 5.41) is 8.72. The van der Waals surface area contributed by atoms with Gasteiger partial charge in [0.25, 0.3) is 5.91 Å². The van der Waals surface area contributed by atoms with Gasteiger partial charge in [0.15, 0.2) is 0 Å². The normalized spacial score (nSPS) is 10.1. The minimum absolute atomic E-state index is 0.146. The molecule has 27 heavy (non-hydrogen) atoms. The lowest BCUT2D eigenvalue weighted by molar-refractivity contribution is -0.114. The standard InChI is InChI=1S/C20H19N5O2/c1-14(26)24-16-2-4-17(5-3-16)25-20(27)19-12-18(8-11-22-19)23-13-15-6-9-21-10-7-15/h2-12H,13H2,1H3,(H,22,23)(H,24,26)(H,25,27). The Morgan fingerprint density at radius 1 is 0.852 bits per heavy atom. The van der Waals surface area contributed by atoms with Crippen molar-refractivity contribution in [3.05, 3.63) is 78.4 Å². The molecular formula is C20H19N5O2. The highest BCUT2D eigenvalue weighted by atomic mass is 16.2. The fraction of sp³-hybridized carbons (Fsp3) is 0.100. The van der Waals surface area contributed by atoms with Gasteiger partial charge in [-0.25, -0.2) is 0 Å². The van der Waals surface area contributed by atoms with E-state index in [1.54, 1.807) is 55.0 Å². The highest BCUT2D eigenvalue weighted by molar-refractivity contribution is 6.03. The molecule has 0 saturated heterocycles. The number of benzene rings is 1. The van der Waals surface area contributed by atoms with E-state index in [2.05, 4.69) is 25.9 Å². The number of carbonyl (C=O) groups is 2. The van der Waals surface area contributed by atoms with Gasteiger partial charge >= 0.3 is 0 Å². The van der Waals surface area contributed by atoms with Crippen LogP contribution < -0.4 is 16.0 Å². The number of rotatable bonds is 6. The summed E-state index contributed by atoms with van der Waals surface area (Å²) in [4.78, 5) is 31.6. The highest BCUT2D eigenvalue weighted by Crippen LogP contribution is 2.15. The van der Waals surface area contributed by atoms with E-state index in [1.807, 2.05) is 12.1 Å². The van der Waals surface area contributed by atoms with Gasteiger partial charge in [0.2, 0.25) is 5.91 Å². The van der Waals surface area contributed by atoms with Crippen molar-refractivity contribution in [1.82, 2.24) is 9.97 Å². The van der Waals surface area contributed by atoms with Crippen LogP contribution in [-0.4, -0.2) is 21.8 Å². The Kier molecular flexibility index (Phi) is 5.73. The smallest absolute Gasteiger partial charge is 0.274 e. The lowest BCUT2D eigenvalue weighted by Gasteiger charge is -2.09. The molecule has 0 atom stereocenters. The van der Waals surface area contributed by atoms with Gasteiger partial charge in [0.05, 0.1) is 0 Å². The maximum Gasteiger partial charge on any atom is 0.274 e. The van der Waals surface area contributed by atoms with E-state index in [0.717, 1.165) is 11.3 Å². The summed E-state index contributed by atoms with van der Waals surface area (Å²) in [6.07, 6.45) is 5.06. The number of pyridine rings is 2. The van der Waals surface area contributed by atoms with Gasteiger partial charge in [0.1, 0.15) is 5.69 Å². The summed E-state index contributed by atoms with van der Waals surface area (Å²) in [6, 6.07) is 14.2. The van der Waals surface area contributed by atoms with Gasteiger partial charge in [-0.05, 0) is 54.1 Å². The van der Waals surface area contributed by atoms with Crippen LogP contribution in [0, 0.1) is 0 Å². The molecular weight excluding hydrogens is 342 g/mol. The number of anilines is 3. The first-order chi connectivity index (χ1) is 13.1. The zero-order valence-electron chi connectivity index (χ0n) is 14.8. The van der Waals surface area contributed by atoms with Crippen molar-refractivity contribution in [1.29, 1.82) is 0 Å². The summed E-state index contributed by atoms with van der Waals surface area (Å²) in [5.74, 6) is -0.457. The second-order valence-electron chi connectivity index (χ2n) is 5.85. The van der Waals surface area contributed by atoms with Gasteiger partial charge in [0, 0.05) is 49.1 Å². The summed E-state index contributed by atoms with van der Waals surface area (Å²) in [7, 11) is 0. The van der Waals surface area contributed by atoms with Crippen molar-refractivity contribution in [3.8, 4) is 0 Å². The van der Waals surface area contributed by atoms with E-state index in [9.17, 15) is 9.59 Å². The molecule has 0 radical (unpaired) electrons. The Morgan fingerprint density at radius 2 is 1.52 bits per heavy atom. The Morgan fingerprint density at radius 3 is 2.19 bits per heavy atom. The van der Waals surface area contributed by atoms with Crippen molar-refractivity contribution >= 4 is 28.9 Å². The van der Waals surface area contributed by atoms with Crippen molar-refractivity contribution in [3.63, 3.8) is 0 Å². The molecule has 0 fully saturated rings. The van der Waals surface area contributed by atoms with Crippen LogP contribution in [0.3, 0.4) is 0 Å². The summed E-state index contributed by atoms with van der Waals surface area (Å²) >= 11 is 0. The zero-order valence-corrected chi connectivity index (χ0v) is 14.8. The number of nitrogens with zero attached hydrogens (tertiary/aromatic N) is 2. The molecule has 1 aromatic carbocycles.